The van der Waals surface area contributed by atoms with Gasteiger partial charge in [-0.3, -0.25) is 14.4 Å². The Balaban J connectivity index is 0.00000363. The van der Waals surface area contributed by atoms with Crippen molar-refractivity contribution < 1.29 is 23.9 Å². The molecule has 0 saturated heterocycles. The summed E-state index contributed by atoms with van der Waals surface area (Å²) in [5.41, 5.74) is 1.94. The smallest absolute Gasteiger partial charge is 0.315 e. The number of ether oxygens (including phenoxy) is 2. The summed E-state index contributed by atoms with van der Waals surface area (Å²) in [6.45, 7) is 0.130. The van der Waals surface area contributed by atoms with Gasteiger partial charge in [-0.25, -0.2) is 0 Å². The number of hydrogen-bond acceptors (Lipinski definition) is 6. The maximum atomic E-state index is 12.5. The lowest BCUT2D eigenvalue weighted by Crippen LogP contribution is -2.19. The van der Waals surface area contributed by atoms with Crippen LogP contribution in [-0.4, -0.2) is 31.3 Å². The molecule has 0 radical (unpaired) electrons. The molecule has 0 fully saturated rings. The van der Waals surface area contributed by atoms with Gasteiger partial charge in [0.25, 0.3) is 0 Å². The van der Waals surface area contributed by atoms with Crippen LogP contribution < -0.4 is 14.8 Å². The fraction of sp³-hybridized carbons (Fsp3) is 0.160. The van der Waals surface area contributed by atoms with E-state index in [0.29, 0.717) is 5.56 Å². The highest BCUT2D eigenvalue weighted by Gasteiger charge is 2.17. The average molecular weight is 454 g/mol. The molecule has 0 heterocycles. The minimum atomic E-state index is -0.523. The summed E-state index contributed by atoms with van der Waals surface area (Å²) in [7, 11) is 1.67. The second-order valence-corrected chi connectivity index (χ2v) is 6.89. The Kier molecular flexibility index (Phi) is 9.60. The summed E-state index contributed by atoms with van der Waals surface area (Å²) in [5, 5.41) is 2.79. The van der Waals surface area contributed by atoms with E-state index >= 15 is 0 Å². The fourth-order valence-corrected chi connectivity index (χ4v) is 2.95. The second-order valence-electron chi connectivity index (χ2n) is 6.89. The Morgan fingerprint density at radius 2 is 1.22 bits per heavy atom. The lowest BCUT2D eigenvalue weighted by Gasteiger charge is -2.12. The molecule has 0 bridgehead atoms. The van der Waals surface area contributed by atoms with Gasteiger partial charge in [-0.2, -0.15) is 0 Å². The first-order chi connectivity index (χ1) is 15.0. The van der Waals surface area contributed by atoms with Crippen LogP contribution in [0.2, 0.25) is 0 Å². The zero-order valence-corrected chi connectivity index (χ0v) is 18.4. The monoisotopic (exact) mass is 453 g/mol. The molecule has 0 aliphatic heterocycles. The number of carbonyl (C=O) groups is 3. The molecule has 0 spiro atoms. The molecular formula is C25H24ClNO5. The summed E-state index contributed by atoms with van der Waals surface area (Å²) in [6.07, 6.45) is 0.117. The lowest BCUT2D eigenvalue weighted by molar-refractivity contribution is -0.136. The van der Waals surface area contributed by atoms with Crippen LogP contribution >= 0.6 is 12.4 Å². The van der Waals surface area contributed by atoms with Crippen LogP contribution in [0.3, 0.4) is 0 Å². The first-order valence-electron chi connectivity index (χ1n) is 9.86. The largest absolute Gasteiger partial charge is 0.422 e. The quantitative estimate of drug-likeness (QED) is 0.301. The molecule has 0 saturated carbocycles. The van der Waals surface area contributed by atoms with E-state index in [1.807, 2.05) is 60.7 Å². The number of nitrogens with one attached hydrogen (secondary N) is 1. The van der Waals surface area contributed by atoms with Crippen LogP contribution in [0.25, 0.3) is 0 Å². The Bertz CT molecular complexity index is 1050. The van der Waals surface area contributed by atoms with Gasteiger partial charge >= 0.3 is 11.9 Å². The molecule has 0 aliphatic carbocycles. The Hall–Kier alpha value is -3.48. The van der Waals surface area contributed by atoms with Gasteiger partial charge in [0.1, 0.15) is 0 Å². The van der Waals surface area contributed by atoms with Crippen molar-refractivity contribution in [3.63, 3.8) is 0 Å². The third-order valence-corrected chi connectivity index (χ3v) is 4.43. The van der Waals surface area contributed by atoms with Crippen molar-refractivity contribution >= 4 is 30.1 Å². The van der Waals surface area contributed by atoms with Crippen molar-refractivity contribution in [3.05, 3.63) is 95.6 Å². The average Bonchev–Trinajstić information content (AvgIpc) is 2.76. The molecule has 0 aliphatic rings. The number of ketones is 1. The van der Waals surface area contributed by atoms with Gasteiger partial charge in [0.2, 0.25) is 0 Å². The Labute approximate surface area is 193 Å². The topological polar surface area (TPSA) is 81.7 Å². The van der Waals surface area contributed by atoms with Crippen molar-refractivity contribution in [1.29, 1.82) is 0 Å². The second kappa shape index (κ2) is 12.4. The van der Waals surface area contributed by atoms with Gasteiger partial charge in [0.15, 0.2) is 17.3 Å². The molecular weight excluding hydrogens is 430 g/mol. The molecule has 3 rings (SSSR count). The van der Waals surface area contributed by atoms with Crippen LogP contribution in [0.5, 0.6) is 11.5 Å². The zero-order chi connectivity index (χ0) is 22.1. The highest BCUT2D eigenvalue weighted by Crippen LogP contribution is 2.29. The van der Waals surface area contributed by atoms with Crippen molar-refractivity contribution in [1.82, 2.24) is 5.32 Å². The molecule has 7 heteroatoms. The molecule has 0 atom stereocenters. The standard InChI is InChI=1S/C25H23NO5.ClH/c1-26-17-21(27)20-12-13-22(30-24(28)14-18-8-4-2-5-9-18)23(16-20)31-25(29)15-19-10-6-3-7-11-19;/h2-13,16,26H,14-15,17H2,1H3;1H. The summed E-state index contributed by atoms with van der Waals surface area (Å²) >= 11 is 0. The van der Waals surface area contributed by atoms with Crippen LogP contribution in [0.15, 0.2) is 78.9 Å². The lowest BCUT2D eigenvalue weighted by atomic mass is 10.1. The normalized spacial score (nSPS) is 10.0. The molecule has 3 aromatic carbocycles. The number of benzene rings is 3. The van der Waals surface area contributed by atoms with Gasteiger partial charge in [0.05, 0.1) is 19.4 Å². The fourth-order valence-electron chi connectivity index (χ4n) is 2.95. The van der Waals surface area contributed by atoms with E-state index in [-0.39, 0.29) is 49.1 Å². The SMILES string of the molecule is CNCC(=O)c1ccc(OC(=O)Cc2ccccc2)c(OC(=O)Cc2ccccc2)c1.Cl. The predicted molar refractivity (Wildman–Crippen MR) is 124 cm³/mol. The summed E-state index contributed by atoms with van der Waals surface area (Å²) in [6, 6.07) is 22.8. The van der Waals surface area contributed by atoms with Crippen molar-refractivity contribution in [2.45, 2.75) is 12.8 Å². The molecule has 32 heavy (non-hydrogen) atoms. The van der Waals surface area contributed by atoms with E-state index in [4.69, 9.17) is 9.47 Å². The van der Waals surface area contributed by atoms with Crippen molar-refractivity contribution in [3.8, 4) is 11.5 Å². The third-order valence-electron chi connectivity index (χ3n) is 4.43. The van der Waals surface area contributed by atoms with Gasteiger partial charge in [-0.1, -0.05) is 60.7 Å². The van der Waals surface area contributed by atoms with Crippen molar-refractivity contribution in [2.24, 2.45) is 0 Å². The first kappa shape index (κ1) is 24.8. The summed E-state index contributed by atoms with van der Waals surface area (Å²) in [4.78, 5) is 37.1. The first-order valence-corrected chi connectivity index (χ1v) is 9.86. The molecule has 0 unspecified atom stereocenters. The van der Waals surface area contributed by atoms with Gasteiger partial charge in [-0.05, 0) is 36.4 Å². The Morgan fingerprint density at radius 3 is 1.72 bits per heavy atom. The highest BCUT2D eigenvalue weighted by atomic mass is 35.5. The third kappa shape index (κ3) is 7.34. The number of rotatable bonds is 9. The Morgan fingerprint density at radius 1 is 0.719 bits per heavy atom. The van der Waals surface area contributed by atoms with Crippen LogP contribution in [-0.2, 0) is 22.4 Å². The maximum absolute atomic E-state index is 12.5. The maximum Gasteiger partial charge on any atom is 0.315 e. The molecule has 1 N–H and O–H groups in total. The summed E-state index contributed by atoms with van der Waals surface area (Å²) < 4.78 is 10.9. The van der Waals surface area contributed by atoms with E-state index < -0.39 is 11.9 Å². The van der Waals surface area contributed by atoms with Gasteiger partial charge in [-0.15, -0.1) is 12.4 Å². The number of hydrogen-bond donors (Lipinski definition) is 1. The number of likely N-dealkylation sites (N-methyl/N-ethyl adjacent to an activating group) is 1. The minimum absolute atomic E-state index is 0. The van der Waals surface area contributed by atoms with Crippen LogP contribution in [0, 0.1) is 0 Å². The van der Waals surface area contributed by atoms with Crippen LogP contribution in [0.1, 0.15) is 21.5 Å². The molecule has 0 amide bonds. The van der Waals surface area contributed by atoms with Gasteiger partial charge in [0, 0.05) is 5.56 Å². The zero-order valence-electron chi connectivity index (χ0n) is 17.6. The minimum Gasteiger partial charge on any atom is -0.422 e. The predicted octanol–water partition coefficient (Wildman–Crippen LogP) is 3.81. The van der Waals surface area contributed by atoms with Crippen molar-refractivity contribution in [2.75, 3.05) is 13.6 Å². The van der Waals surface area contributed by atoms with E-state index in [0.717, 1.165) is 11.1 Å². The molecule has 0 aromatic heterocycles. The number of Topliss-reactive ketones (excluding diaryl/α,β-unsaturated/α-hetero) is 1. The van der Waals surface area contributed by atoms with E-state index in [1.54, 1.807) is 13.1 Å². The summed E-state index contributed by atoms with van der Waals surface area (Å²) in [5.74, 6) is -1.08. The molecule has 6 nitrogen and oxygen atoms in total. The van der Waals surface area contributed by atoms with E-state index in [9.17, 15) is 14.4 Å². The van der Waals surface area contributed by atoms with Gasteiger partial charge < -0.3 is 14.8 Å². The van der Waals surface area contributed by atoms with Crippen LogP contribution in [0.4, 0.5) is 0 Å². The molecule has 166 valence electrons. The highest BCUT2D eigenvalue weighted by molar-refractivity contribution is 5.98. The number of esters is 2. The van der Waals surface area contributed by atoms with E-state index in [1.165, 1.54) is 12.1 Å². The molecule has 3 aromatic rings. The number of halogens is 1. The van der Waals surface area contributed by atoms with E-state index in [2.05, 4.69) is 5.32 Å². The number of carbonyl (C=O) groups excluding carboxylic acids is 3.